The van der Waals surface area contributed by atoms with Crippen LogP contribution in [0.4, 0.5) is 4.79 Å². The molecule has 1 aromatic rings. The number of nitrogens with zero attached hydrogens (tertiary/aromatic N) is 2. The van der Waals surface area contributed by atoms with E-state index in [9.17, 15) is 4.79 Å². The average Bonchev–Trinajstić information content (AvgIpc) is 3.10. The van der Waals surface area contributed by atoms with Gasteiger partial charge in [0.1, 0.15) is 5.60 Å². The molecule has 0 N–H and O–H groups in total. The summed E-state index contributed by atoms with van der Waals surface area (Å²) in [6.45, 7) is 9.11. The Balaban J connectivity index is 1.72. The topological polar surface area (TPSA) is 32.8 Å². The smallest absolute Gasteiger partial charge is 0.410 e. The molecule has 0 spiro atoms. The highest BCUT2D eigenvalue weighted by Gasteiger charge is 2.51. The Morgan fingerprint density at radius 1 is 1.25 bits per heavy atom. The molecule has 2 aliphatic rings. The Kier molecular flexibility index (Phi) is 4.60. The first kappa shape index (κ1) is 17.3. The lowest BCUT2D eigenvalue weighted by Gasteiger charge is -2.35. The van der Waals surface area contributed by atoms with Crippen LogP contribution in [-0.2, 0) is 4.74 Å². The standard InChI is InChI=1S/C20H30N2O2/c1-14(15-9-7-6-8-10-15)22-13-16-11-12-17(22)18(16)21(5)19(23)24-20(2,3)4/h6-10,14,16-18H,11-13H2,1-5H3/t14?,16-,17-,18-/m1/s1. The molecule has 2 bridgehead atoms. The summed E-state index contributed by atoms with van der Waals surface area (Å²) in [4.78, 5) is 16.9. The number of amides is 1. The highest BCUT2D eigenvalue weighted by molar-refractivity contribution is 5.68. The summed E-state index contributed by atoms with van der Waals surface area (Å²) in [5.74, 6) is 0.554. The minimum Gasteiger partial charge on any atom is -0.444 e. The monoisotopic (exact) mass is 330 g/mol. The molecule has 1 aromatic carbocycles. The molecule has 1 saturated heterocycles. The maximum absolute atomic E-state index is 12.5. The fourth-order valence-corrected chi connectivity index (χ4v) is 4.41. The Morgan fingerprint density at radius 2 is 1.92 bits per heavy atom. The Labute approximate surface area is 145 Å². The van der Waals surface area contributed by atoms with E-state index in [1.165, 1.54) is 18.4 Å². The molecule has 1 amide bonds. The van der Waals surface area contributed by atoms with Crippen LogP contribution in [0.2, 0.25) is 0 Å². The summed E-state index contributed by atoms with van der Waals surface area (Å²) in [7, 11) is 1.90. The Morgan fingerprint density at radius 3 is 2.54 bits per heavy atom. The van der Waals surface area contributed by atoms with Crippen molar-refractivity contribution in [2.45, 2.75) is 64.3 Å². The Bertz CT molecular complexity index is 581. The van der Waals surface area contributed by atoms with Crippen molar-refractivity contribution in [1.29, 1.82) is 0 Å². The molecule has 3 rings (SSSR count). The molecule has 1 aliphatic carbocycles. The summed E-state index contributed by atoms with van der Waals surface area (Å²) < 4.78 is 5.59. The summed E-state index contributed by atoms with van der Waals surface area (Å²) in [6.07, 6.45) is 2.18. The normalized spacial score (nSPS) is 28.0. The van der Waals surface area contributed by atoms with Gasteiger partial charge in [-0.1, -0.05) is 30.3 Å². The van der Waals surface area contributed by atoms with Crippen LogP contribution in [0.1, 0.15) is 52.1 Å². The molecule has 4 heteroatoms. The summed E-state index contributed by atoms with van der Waals surface area (Å²) in [5, 5.41) is 0. The van der Waals surface area contributed by atoms with Crippen LogP contribution in [0.5, 0.6) is 0 Å². The number of ether oxygens (including phenoxy) is 1. The molecule has 4 atom stereocenters. The van der Waals surface area contributed by atoms with Gasteiger partial charge in [0.05, 0.1) is 6.04 Å². The van der Waals surface area contributed by atoms with Gasteiger partial charge in [-0.25, -0.2) is 4.79 Å². The number of likely N-dealkylation sites (tertiary alicyclic amines) is 1. The van der Waals surface area contributed by atoms with Gasteiger partial charge in [0.25, 0.3) is 0 Å². The van der Waals surface area contributed by atoms with E-state index in [1.807, 2.05) is 32.7 Å². The lowest BCUT2D eigenvalue weighted by molar-refractivity contribution is 0.0180. The van der Waals surface area contributed by atoms with E-state index in [1.54, 1.807) is 0 Å². The van der Waals surface area contributed by atoms with Gasteiger partial charge >= 0.3 is 6.09 Å². The predicted molar refractivity (Wildman–Crippen MR) is 95.9 cm³/mol. The van der Waals surface area contributed by atoms with Crippen molar-refractivity contribution in [3.05, 3.63) is 35.9 Å². The Hall–Kier alpha value is -1.55. The van der Waals surface area contributed by atoms with Crippen molar-refractivity contribution in [3.63, 3.8) is 0 Å². The summed E-state index contributed by atoms with van der Waals surface area (Å²) in [5.41, 5.74) is 0.906. The summed E-state index contributed by atoms with van der Waals surface area (Å²) >= 11 is 0. The number of carbonyl (C=O) groups excluding carboxylic acids is 1. The van der Waals surface area contributed by atoms with Gasteiger partial charge in [-0.15, -0.1) is 0 Å². The van der Waals surface area contributed by atoms with Gasteiger partial charge in [-0.3, -0.25) is 4.90 Å². The third kappa shape index (κ3) is 3.30. The van der Waals surface area contributed by atoms with E-state index in [0.717, 1.165) is 6.54 Å². The maximum atomic E-state index is 12.5. The number of benzene rings is 1. The van der Waals surface area contributed by atoms with Crippen LogP contribution in [0.15, 0.2) is 30.3 Å². The van der Waals surface area contributed by atoms with Crippen LogP contribution in [0, 0.1) is 5.92 Å². The van der Waals surface area contributed by atoms with Gasteiger partial charge in [-0.2, -0.15) is 0 Å². The predicted octanol–water partition coefficient (Wildman–Crippen LogP) is 4.08. The van der Waals surface area contributed by atoms with Crippen molar-refractivity contribution >= 4 is 6.09 Å². The van der Waals surface area contributed by atoms with Crippen LogP contribution >= 0.6 is 0 Å². The van der Waals surface area contributed by atoms with E-state index in [2.05, 4.69) is 42.2 Å². The van der Waals surface area contributed by atoms with Gasteiger partial charge in [-0.05, 0) is 52.0 Å². The van der Waals surface area contributed by atoms with E-state index in [4.69, 9.17) is 4.74 Å². The van der Waals surface area contributed by atoms with E-state index >= 15 is 0 Å². The van der Waals surface area contributed by atoms with Gasteiger partial charge in [0, 0.05) is 25.7 Å². The molecule has 1 saturated carbocycles. The van der Waals surface area contributed by atoms with Crippen LogP contribution in [-0.4, -0.2) is 47.2 Å². The third-order valence-electron chi connectivity index (χ3n) is 5.49. The lowest BCUT2D eigenvalue weighted by Crippen LogP contribution is -2.47. The van der Waals surface area contributed by atoms with Crippen LogP contribution in [0.25, 0.3) is 0 Å². The molecule has 4 nitrogen and oxygen atoms in total. The summed E-state index contributed by atoms with van der Waals surface area (Å²) in [6, 6.07) is 11.7. The largest absolute Gasteiger partial charge is 0.444 e. The SMILES string of the molecule is CC(c1ccccc1)N1C[C@H]2CC[C@@H]1[C@@H]2N(C)C(=O)OC(C)(C)C. The second kappa shape index (κ2) is 6.40. The van der Waals surface area contributed by atoms with E-state index < -0.39 is 5.60 Å². The highest BCUT2D eigenvalue weighted by atomic mass is 16.6. The molecular weight excluding hydrogens is 300 g/mol. The van der Waals surface area contributed by atoms with Crippen LogP contribution in [0.3, 0.4) is 0 Å². The van der Waals surface area contributed by atoms with Crippen molar-refractivity contribution in [3.8, 4) is 0 Å². The average molecular weight is 330 g/mol. The second-order valence-corrected chi connectivity index (χ2v) is 8.27. The molecule has 2 fully saturated rings. The first-order chi connectivity index (χ1) is 11.3. The molecular formula is C20H30N2O2. The molecule has 1 aliphatic heterocycles. The second-order valence-electron chi connectivity index (χ2n) is 8.27. The molecule has 132 valence electrons. The maximum Gasteiger partial charge on any atom is 0.410 e. The number of rotatable bonds is 3. The number of hydrogen-bond acceptors (Lipinski definition) is 3. The first-order valence-electron chi connectivity index (χ1n) is 9.04. The zero-order valence-corrected chi connectivity index (χ0v) is 15.5. The minimum absolute atomic E-state index is 0.196. The van der Waals surface area contributed by atoms with Crippen LogP contribution < -0.4 is 0 Å². The first-order valence-corrected chi connectivity index (χ1v) is 9.04. The molecule has 1 unspecified atom stereocenters. The van der Waals surface area contributed by atoms with Gasteiger partial charge in [0.2, 0.25) is 0 Å². The van der Waals surface area contributed by atoms with Crippen molar-refractivity contribution in [2.75, 3.05) is 13.6 Å². The van der Waals surface area contributed by atoms with Crippen molar-refractivity contribution in [1.82, 2.24) is 9.80 Å². The fraction of sp³-hybridized carbons (Fsp3) is 0.650. The lowest BCUT2D eigenvalue weighted by atomic mass is 10.0. The molecule has 0 aromatic heterocycles. The number of hydrogen-bond donors (Lipinski definition) is 0. The molecule has 0 radical (unpaired) electrons. The zero-order valence-electron chi connectivity index (χ0n) is 15.5. The minimum atomic E-state index is -0.444. The quantitative estimate of drug-likeness (QED) is 0.837. The zero-order chi connectivity index (χ0) is 17.5. The van der Waals surface area contributed by atoms with Gasteiger partial charge < -0.3 is 9.64 Å². The third-order valence-corrected chi connectivity index (χ3v) is 5.49. The van der Waals surface area contributed by atoms with E-state index in [0.29, 0.717) is 18.0 Å². The number of piperidine rings is 1. The fourth-order valence-electron chi connectivity index (χ4n) is 4.41. The number of carbonyl (C=O) groups is 1. The molecule has 1 heterocycles. The van der Waals surface area contributed by atoms with Crippen molar-refractivity contribution < 1.29 is 9.53 Å². The van der Waals surface area contributed by atoms with Crippen molar-refractivity contribution in [2.24, 2.45) is 5.92 Å². The van der Waals surface area contributed by atoms with E-state index in [-0.39, 0.29) is 12.1 Å². The highest BCUT2D eigenvalue weighted by Crippen LogP contribution is 2.44. The van der Waals surface area contributed by atoms with Gasteiger partial charge in [0.15, 0.2) is 0 Å². The number of likely N-dealkylation sites (N-methyl/N-ethyl adjacent to an activating group) is 1. The number of fused-ring (bicyclic) bond motifs is 2. The molecule has 24 heavy (non-hydrogen) atoms.